The number of benzene rings is 2. The van der Waals surface area contributed by atoms with Crippen LogP contribution in [0.25, 0.3) is 0 Å². The maximum atomic E-state index is 12.6. The number of hydrogen-bond donors (Lipinski definition) is 4. The van der Waals surface area contributed by atoms with Crippen LogP contribution in [0.5, 0.6) is 11.5 Å². The summed E-state index contributed by atoms with van der Waals surface area (Å²) >= 11 is 0. The molecule has 1 amide bonds. The van der Waals surface area contributed by atoms with Crippen LogP contribution in [0.2, 0.25) is 0 Å². The summed E-state index contributed by atoms with van der Waals surface area (Å²) in [5, 5.41) is 33.2. The lowest BCUT2D eigenvalue weighted by molar-refractivity contribution is -0.113. The van der Waals surface area contributed by atoms with Gasteiger partial charge in [-0.1, -0.05) is 12.1 Å². The zero-order valence-electron chi connectivity index (χ0n) is 17.3. The standard InChI is InChI=1S/C23H29NO6/c1-3-24-23(28)20-10-15(21-12-17(26)11-19(13-25)30-21)9-16(22(20)27)8-14-4-6-18(29-2)7-5-14/h4-7,9-10,17,19,21,25-27H,3,8,11-13H2,1-2H3,(H,24,28)/t17-,19-,21+/m0/s1. The smallest absolute Gasteiger partial charge is 0.255 e. The summed E-state index contributed by atoms with van der Waals surface area (Å²) < 4.78 is 11.1. The number of ether oxygens (including phenoxy) is 2. The number of aliphatic hydroxyl groups excluding tert-OH is 2. The molecule has 0 bridgehead atoms. The molecule has 2 aromatic carbocycles. The largest absolute Gasteiger partial charge is 0.507 e. The zero-order valence-corrected chi connectivity index (χ0v) is 17.3. The van der Waals surface area contributed by atoms with Crippen molar-refractivity contribution in [2.24, 2.45) is 0 Å². The van der Waals surface area contributed by atoms with Gasteiger partial charge in [0.1, 0.15) is 11.5 Å². The lowest BCUT2D eigenvalue weighted by Crippen LogP contribution is -2.33. The van der Waals surface area contributed by atoms with Gasteiger partial charge in [0.15, 0.2) is 0 Å². The summed E-state index contributed by atoms with van der Waals surface area (Å²) in [4.78, 5) is 12.6. The van der Waals surface area contributed by atoms with E-state index >= 15 is 0 Å². The van der Waals surface area contributed by atoms with Gasteiger partial charge in [0.25, 0.3) is 5.91 Å². The number of carbonyl (C=O) groups is 1. The Morgan fingerprint density at radius 2 is 1.97 bits per heavy atom. The van der Waals surface area contributed by atoms with Crippen LogP contribution in [-0.2, 0) is 11.2 Å². The van der Waals surface area contributed by atoms with Crippen molar-refractivity contribution in [2.45, 2.75) is 44.5 Å². The van der Waals surface area contributed by atoms with Crippen molar-refractivity contribution in [1.29, 1.82) is 0 Å². The molecule has 2 aromatic rings. The SMILES string of the molecule is CCNC(=O)c1cc([C@H]2C[C@@H](O)C[C@@H](CO)O2)cc(Cc2ccc(OC)cc2)c1O. The summed E-state index contributed by atoms with van der Waals surface area (Å²) in [6.45, 7) is 2.05. The summed E-state index contributed by atoms with van der Waals surface area (Å²) in [6.07, 6.45) is -0.410. The molecular weight excluding hydrogens is 386 g/mol. The molecule has 3 atom stereocenters. The van der Waals surface area contributed by atoms with Crippen LogP contribution in [0, 0.1) is 0 Å². The average Bonchev–Trinajstić information content (AvgIpc) is 2.75. The molecular formula is C23H29NO6. The first-order valence-electron chi connectivity index (χ1n) is 10.2. The second-order valence-corrected chi connectivity index (χ2v) is 7.52. The predicted octanol–water partition coefficient (Wildman–Crippen LogP) is 2.31. The minimum absolute atomic E-state index is 0.0735. The third kappa shape index (κ3) is 5.11. The molecule has 1 heterocycles. The summed E-state index contributed by atoms with van der Waals surface area (Å²) in [7, 11) is 1.60. The highest BCUT2D eigenvalue weighted by Crippen LogP contribution is 2.36. The van der Waals surface area contributed by atoms with Crippen LogP contribution in [-0.4, -0.2) is 53.7 Å². The number of aromatic hydroxyl groups is 1. The molecule has 1 aliphatic rings. The zero-order chi connectivity index (χ0) is 21.7. The van der Waals surface area contributed by atoms with Gasteiger partial charge in [-0.15, -0.1) is 0 Å². The van der Waals surface area contributed by atoms with Gasteiger partial charge in [-0.05, 0) is 47.9 Å². The highest BCUT2D eigenvalue weighted by atomic mass is 16.5. The number of phenolic OH excluding ortho intramolecular Hbond substituents is 1. The second kappa shape index (κ2) is 9.93. The van der Waals surface area contributed by atoms with Crippen LogP contribution in [0.3, 0.4) is 0 Å². The van der Waals surface area contributed by atoms with Crippen molar-refractivity contribution >= 4 is 5.91 Å². The predicted molar refractivity (Wildman–Crippen MR) is 112 cm³/mol. The first-order valence-corrected chi connectivity index (χ1v) is 10.2. The molecule has 0 radical (unpaired) electrons. The van der Waals surface area contributed by atoms with E-state index < -0.39 is 18.3 Å². The van der Waals surface area contributed by atoms with Gasteiger partial charge in [-0.25, -0.2) is 0 Å². The molecule has 30 heavy (non-hydrogen) atoms. The molecule has 3 rings (SSSR count). The molecule has 0 aromatic heterocycles. The molecule has 0 unspecified atom stereocenters. The Balaban J connectivity index is 1.98. The molecule has 0 aliphatic carbocycles. The van der Waals surface area contributed by atoms with Crippen LogP contribution in [0.15, 0.2) is 36.4 Å². The van der Waals surface area contributed by atoms with Crippen molar-refractivity contribution in [3.8, 4) is 11.5 Å². The van der Waals surface area contributed by atoms with Crippen LogP contribution >= 0.6 is 0 Å². The quantitative estimate of drug-likeness (QED) is 0.553. The molecule has 162 valence electrons. The van der Waals surface area contributed by atoms with E-state index in [1.807, 2.05) is 31.2 Å². The van der Waals surface area contributed by atoms with Crippen molar-refractivity contribution in [2.75, 3.05) is 20.3 Å². The van der Waals surface area contributed by atoms with E-state index in [2.05, 4.69) is 5.32 Å². The van der Waals surface area contributed by atoms with Gasteiger partial charge in [0, 0.05) is 25.8 Å². The number of aliphatic hydroxyl groups is 2. The Hall–Kier alpha value is -2.61. The van der Waals surface area contributed by atoms with E-state index in [9.17, 15) is 20.1 Å². The number of rotatable bonds is 7. The monoisotopic (exact) mass is 415 g/mol. The second-order valence-electron chi connectivity index (χ2n) is 7.52. The fraction of sp³-hybridized carbons (Fsp3) is 0.435. The highest BCUT2D eigenvalue weighted by Gasteiger charge is 2.30. The number of carbonyl (C=O) groups excluding carboxylic acids is 1. The van der Waals surface area contributed by atoms with Crippen molar-refractivity contribution in [3.05, 3.63) is 58.7 Å². The Bertz CT molecular complexity index is 867. The Labute approximate surface area is 176 Å². The summed E-state index contributed by atoms with van der Waals surface area (Å²) in [5.74, 6) is 0.290. The Kier molecular flexibility index (Phi) is 7.31. The first-order chi connectivity index (χ1) is 14.4. The van der Waals surface area contributed by atoms with E-state index in [0.29, 0.717) is 36.9 Å². The third-order valence-corrected chi connectivity index (χ3v) is 5.30. The van der Waals surface area contributed by atoms with E-state index in [1.54, 1.807) is 19.2 Å². The number of hydrogen-bond acceptors (Lipinski definition) is 6. The van der Waals surface area contributed by atoms with Crippen LogP contribution in [0.4, 0.5) is 0 Å². The molecule has 0 spiro atoms. The number of methoxy groups -OCH3 is 1. The van der Waals surface area contributed by atoms with E-state index in [4.69, 9.17) is 9.47 Å². The third-order valence-electron chi connectivity index (χ3n) is 5.30. The van der Waals surface area contributed by atoms with Crippen molar-refractivity contribution in [1.82, 2.24) is 5.32 Å². The van der Waals surface area contributed by atoms with E-state index in [1.165, 1.54) is 0 Å². The van der Waals surface area contributed by atoms with E-state index in [0.717, 1.165) is 11.3 Å². The van der Waals surface area contributed by atoms with Gasteiger partial charge in [-0.3, -0.25) is 4.79 Å². The highest BCUT2D eigenvalue weighted by molar-refractivity contribution is 5.97. The molecule has 1 aliphatic heterocycles. The van der Waals surface area contributed by atoms with Crippen molar-refractivity contribution < 1.29 is 29.6 Å². The lowest BCUT2D eigenvalue weighted by atomic mass is 9.91. The first kappa shape index (κ1) is 22.1. The van der Waals surface area contributed by atoms with Gasteiger partial charge in [0.05, 0.1) is 37.6 Å². The lowest BCUT2D eigenvalue weighted by Gasteiger charge is -2.33. The summed E-state index contributed by atoms with van der Waals surface area (Å²) in [5.41, 5.74) is 2.39. The molecule has 7 heteroatoms. The van der Waals surface area contributed by atoms with Crippen LogP contribution < -0.4 is 10.1 Å². The Morgan fingerprint density at radius 1 is 1.23 bits per heavy atom. The topological polar surface area (TPSA) is 108 Å². The van der Waals surface area contributed by atoms with Gasteiger partial charge in [-0.2, -0.15) is 0 Å². The number of amides is 1. The molecule has 4 N–H and O–H groups in total. The molecule has 0 saturated carbocycles. The number of phenols is 1. The van der Waals surface area contributed by atoms with E-state index in [-0.39, 0.29) is 23.8 Å². The minimum Gasteiger partial charge on any atom is -0.507 e. The fourth-order valence-corrected chi connectivity index (χ4v) is 3.75. The van der Waals surface area contributed by atoms with Gasteiger partial charge < -0.3 is 30.1 Å². The number of nitrogens with one attached hydrogen (secondary N) is 1. The molecule has 1 fully saturated rings. The normalized spacial score (nSPS) is 21.3. The van der Waals surface area contributed by atoms with Crippen molar-refractivity contribution in [3.63, 3.8) is 0 Å². The van der Waals surface area contributed by atoms with Gasteiger partial charge >= 0.3 is 0 Å². The molecule has 7 nitrogen and oxygen atoms in total. The van der Waals surface area contributed by atoms with Crippen LogP contribution in [0.1, 0.15) is 52.9 Å². The van der Waals surface area contributed by atoms with Gasteiger partial charge in [0.2, 0.25) is 0 Å². The average molecular weight is 415 g/mol. The summed E-state index contributed by atoms with van der Waals surface area (Å²) in [6, 6.07) is 10.9. The Morgan fingerprint density at radius 3 is 2.60 bits per heavy atom. The fourth-order valence-electron chi connectivity index (χ4n) is 3.75. The maximum absolute atomic E-state index is 12.6. The maximum Gasteiger partial charge on any atom is 0.255 e. The molecule has 1 saturated heterocycles. The minimum atomic E-state index is -0.604.